The Morgan fingerprint density at radius 2 is 1.77 bits per heavy atom. The molecule has 1 aliphatic rings. The third-order valence-electron chi connectivity index (χ3n) is 4.50. The van der Waals surface area contributed by atoms with E-state index in [9.17, 15) is 4.39 Å². The summed E-state index contributed by atoms with van der Waals surface area (Å²) in [6.45, 7) is 9.96. The molecule has 1 saturated heterocycles. The maximum absolute atomic E-state index is 13.3. The predicted molar refractivity (Wildman–Crippen MR) is 88.0 cm³/mol. The molecule has 2 heterocycles. The minimum atomic E-state index is -0.504. The van der Waals surface area contributed by atoms with Gasteiger partial charge in [0.25, 0.3) is 0 Å². The molecule has 0 saturated carbocycles. The molecule has 2 aromatic rings. The summed E-state index contributed by atoms with van der Waals surface area (Å²) in [5.74, 6) is -0.233. The van der Waals surface area contributed by atoms with E-state index < -0.39 is 18.3 Å². The Bertz CT molecular complexity index is 698. The van der Waals surface area contributed by atoms with Crippen LogP contribution in [0.5, 0.6) is 0 Å². The topological polar surface area (TPSA) is 31.4 Å². The Labute approximate surface area is 134 Å². The molecule has 1 aliphatic heterocycles. The minimum absolute atomic E-state index is 0.233. The summed E-state index contributed by atoms with van der Waals surface area (Å²) in [6.07, 6.45) is 0. The summed E-state index contributed by atoms with van der Waals surface area (Å²) >= 11 is 1.52. The lowest BCUT2D eigenvalue weighted by atomic mass is 9.82. The molecule has 1 aromatic carbocycles. The van der Waals surface area contributed by atoms with E-state index in [1.54, 1.807) is 11.6 Å². The van der Waals surface area contributed by atoms with Gasteiger partial charge in [-0.05, 0) is 57.9 Å². The summed E-state index contributed by atoms with van der Waals surface area (Å²) < 4.78 is 25.5. The molecule has 0 bridgehead atoms. The molecule has 0 spiro atoms. The van der Waals surface area contributed by atoms with Crippen molar-refractivity contribution >= 4 is 24.0 Å². The number of benzene rings is 1. The first-order valence-electron chi connectivity index (χ1n) is 7.27. The van der Waals surface area contributed by atoms with Crippen LogP contribution >= 0.6 is 11.3 Å². The smallest absolute Gasteiger partial charge is 0.398 e. The Balaban J connectivity index is 2.00. The van der Waals surface area contributed by atoms with Gasteiger partial charge in [-0.1, -0.05) is 6.07 Å². The van der Waals surface area contributed by atoms with Gasteiger partial charge >= 0.3 is 7.12 Å². The summed E-state index contributed by atoms with van der Waals surface area (Å²) in [5.41, 5.74) is 3.57. The molecule has 22 heavy (non-hydrogen) atoms. The highest BCUT2D eigenvalue weighted by Gasteiger charge is 2.53. The monoisotopic (exact) mass is 319 g/mol. The van der Waals surface area contributed by atoms with Crippen LogP contribution in [0.2, 0.25) is 0 Å². The molecule has 0 radical (unpaired) electrons. The quantitative estimate of drug-likeness (QED) is 0.793. The number of nitrogens with zero attached hydrogens (tertiary/aromatic N) is 1. The van der Waals surface area contributed by atoms with E-state index in [1.807, 2.05) is 34.6 Å². The van der Waals surface area contributed by atoms with E-state index in [4.69, 9.17) is 9.31 Å². The third-order valence-corrected chi connectivity index (χ3v) is 5.38. The summed E-state index contributed by atoms with van der Waals surface area (Å²) in [7, 11) is -0.504. The molecule has 0 unspecified atom stereocenters. The minimum Gasteiger partial charge on any atom is -0.398 e. The van der Waals surface area contributed by atoms with Crippen molar-refractivity contribution in [2.75, 3.05) is 0 Å². The van der Waals surface area contributed by atoms with Crippen LogP contribution in [0.25, 0.3) is 10.4 Å². The number of hydrogen-bond donors (Lipinski definition) is 0. The molecule has 0 aliphatic carbocycles. The zero-order valence-corrected chi connectivity index (χ0v) is 14.3. The zero-order valence-electron chi connectivity index (χ0n) is 13.4. The van der Waals surface area contributed by atoms with E-state index >= 15 is 0 Å². The summed E-state index contributed by atoms with van der Waals surface area (Å²) in [6, 6.07) is 4.78. The molecule has 0 amide bonds. The largest absolute Gasteiger partial charge is 0.516 e. The van der Waals surface area contributed by atoms with Crippen LogP contribution in [0.1, 0.15) is 33.3 Å². The van der Waals surface area contributed by atoms with Gasteiger partial charge in [-0.3, -0.25) is 4.98 Å². The Hall–Kier alpha value is -1.24. The molecule has 1 fully saturated rings. The van der Waals surface area contributed by atoms with Crippen molar-refractivity contribution < 1.29 is 13.7 Å². The maximum Gasteiger partial charge on any atom is 0.516 e. The van der Waals surface area contributed by atoms with Gasteiger partial charge in [0.1, 0.15) is 5.82 Å². The van der Waals surface area contributed by atoms with E-state index in [0.717, 1.165) is 21.6 Å². The molecule has 3 rings (SSSR count). The second kappa shape index (κ2) is 5.15. The number of halogens is 1. The first-order chi connectivity index (χ1) is 10.2. The molecule has 116 valence electrons. The van der Waals surface area contributed by atoms with E-state index in [-0.39, 0.29) is 5.82 Å². The fourth-order valence-corrected chi connectivity index (χ4v) is 3.36. The second-order valence-electron chi connectivity index (χ2n) is 6.61. The predicted octanol–water partition coefficient (Wildman–Crippen LogP) is 3.56. The first-order valence-corrected chi connectivity index (χ1v) is 8.15. The highest BCUT2D eigenvalue weighted by molar-refractivity contribution is 7.14. The van der Waals surface area contributed by atoms with Gasteiger partial charge in [0.15, 0.2) is 0 Å². The number of aromatic nitrogens is 1. The van der Waals surface area contributed by atoms with Crippen molar-refractivity contribution in [2.45, 2.75) is 45.8 Å². The molecular weight excluding hydrogens is 300 g/mol. The zero-order chi connectivity index (χ0) is 16.1. The Kier molecular flexibility index (Phi) is 3.66. The Morgan fingerprint density at radius 1 is 1.14 bits per heavy atom. The van der Waals surface area contributed by atoms with Gasteiger partial charge in [-0.15, -0.1) is 11.3 Å². The van der Waals surface area contributed by atoms with E-state index in [0.29, 0.717) is 0 Å². The number of aryl methyl sites for hydroxylation is 1. The normalized spacial score (nSPS) is 19.6. The van der Waals surface area contributed by atoms with Gasteiger partial charge in [0, 0.05) is 0 Å². The van der Waals surface area contributed by atoms with Crippen LogP contribution in [-0.4, -0.2) is 23.3 Å². The van der Waals surface area contributed by atoms with Crippen molar-refractivity contribution in [1.82, 2.24) is 4.98 Å². The lowest BCUT2D eigenvalue weighted by Gasteiger charge is -2.32. The SMILES string of the molecule is Cc1cc(F)ccc1-c1scnc1B1OC(C)(C)C(C)(C)O1. The van der Waals surface area contributed by atoms with Crippen LogP contribution < -0.4 is 5.59 Å². The average molecular weight is 319 g/mol. The second-order valence-corrected chi connectivity index (χ2v) is 7.47. The van der Waals surface area contributed by atoms with Crippen LogP contribution in [0, 0.1) is 12.7 Å². The lowest BCUT2D eigenvalue weighted by molar-refractivity contribution is 0.00578. The van der Waals surface area contributed by atoms with Crippen LogP contribution in [0.4, 0.5) is 4.39 Å². The number of rotatable bonds is 2. The Morgan fingerprint density at radius 3 is 2.36 bits per heavy atom. The van der Waals surface area contributed by atoms with Crippen molar-refractivity contribution in [3.8, 4) is 10.4 Å². The van der Waals surface area contributed by atoms with Crippen LogP contribution in [-0.2, 0) is 9.31 Å². The van der Waals surface area contributed by atoms with Gasteiger partial charge in [-0.2, -0.15) is 0 Å². The number of thiazole rings is 1. The first kappa shape index (κ1) is 15.7. The fraction of sp³-hybridized carbons (Fsp3) is 0.438. The molecule has 0 N–H and O–H groups in total. The molecule has 3 nitrogen and oxygen atoms in total. The van der Waals surface area contributed by atoms with Gasteiger partial charge in [0.2, 0.25) is 0 Å². The number of hydrogen-bond acceptors (Lipinski definition) is 4. The molecule has 0 atom stereocenters. The van der Waals surface area contributed by atoms with Crippen molar-refractivity contribution in [3.63, 3.8) is 0 Å². The van der Waals surface area contributed by atoms with Gasteiger partial charge < -0.3 is 9.31 Å². The third kappa shape index (κ3) is 2.49. The van der Waals surface area contributed by atoms with Gasteiger partial charge in [0.05, 0.1) is 27.2 Å². The molecule has 6 heteroatoms. The molecular formula is C16H19BFNO2S. The standard InChI is InChI=1S/C16H19BFNO2S/c1-10-8-11(18)6-7-12(10)13-14(19-9-22-13)17-20-15(2,3)16(4,5)21-17/h6-9H,1-5H3. The van der Waals surface area contributed by atoms with Crippen LogP contribution in [0.3, 0.4) is 0 Å². The van der Waals surface area contributed by atoms with Crippen molar-refractivity contribution in [1.29, 1.82) is 0 Å². The lowest BCUT2D eigenvalue weighted by Crippen LogP contribution is -2.41. The fourth-order valence-electron chi connectivity index (χ4n) is 2.46. The highest BCUT2D eigenvalue weighted by Crippen LogP contribution is 2.38. The van der Waals surface area contributed by atoms with Gasteiger partial charge in [-0.25, -0.2) is 4.39 Å². The average Bonchev–Trinajstić information content (AvgIpc) is 2.93. The summed E-state index contributed by atoms with van der Waals surface area (Å²) in [5, 5.41) is 0. The summed E-state index contributed by atoms with van der Waals surface area (Å²) in [4.78, 5) is 5.41. The van der Waals surface area contributed by atoms with E-state index in [1.165, 1.54) is 23.5 Å². The maximum atomic E-state index is 13.3. The van der Waals surface area contributed by atoms with Crippen LogP contribution in [0.15, 0.2) is 23.7 Å². The van der Waals surface area contributed by atoms with Crippen molar-refractivity contribution in [3.05, 3.63) is 35.1 Å². The van der Waals surface area contributed by atoms with E-state index in [2.05, 4.69) is 4.98 Å². The molecule has 1 aromatic heterocycles. The highest BCUT2D eigenvalue weighted by atomic mass is 32.1. The van der Waals surface area contributed by atoms with Crippen molar-refractivity contribution in [2.24, 2.45) is 0 Å².